The van der Waals surface area contributed by atoms with E-state index in [1.165, 1.54) is 0 Å². The number of aryl methyl sites for hydroxylation is 2. The topological polar surface area (TPSA) is 68.0 Å². The molecule has 0 amide bonds. The number of halogens is 1. The minimum Gasteiger partial charge on any atom is -0.477 e. The third-order valence-electron chi connectivity index (χ3n) is 2.51. The highest BCUT2D eigenvalue weighted by molar-refractivity contribution is 7.16. The maximum atomic E-state index is 10.9. The number of hydrogen-bond donors (Lipinski definition) is 1. The molecule has 2 rings (SSSR count). The smallest absolute Gasteiger partial charge is 0.349 e. The molecule has 0 saturated carbocycles. The Morgan fingerprint density at radius 2 is 2.22 bits per heavy atom. The summed E-state index contributed by atoms with van der Waals surface area (Å²) in [5, 5.41) is 13.9. The van der Waals surface area contributed by atoms with E-state index >= 15 is 0 Å². The highest BCUT2D eigenvalue weighted by atomic mass is 35.5. The molecule has 0 aliphatic carbocycles. The number of aromatic nitrogens is 3. The van der Waals surface area contributed by atoms with Gasteiger partial charge in [0.1, 0.15) is 0 Å². The fraction of sp³-hybridized carbons (Fsp3) is 0.364. The fourth-order valence-electron chi connectivity index (χ4n) is 1.58. The third kappa shape index (κ3) is 2.26. The first-order valence-electron chi connectivity index (χ1n) is 5.54. The standard InChI is InChI=1S/C11H12ClN3O2S/c1-3-6-5-7(4-2)15(14-6)11-13-9(12)8(18-11)10(16)17/h5H,3-4H2,1-2H3,(H,16,17). The molecule has 0 spiro atoms. The summed E-state index contributed by atoms with van der Waals surface area (Å²) in [5.41, 5.74) is 1.95. The number of rotatable bonds is 4. The Labute approximate surface area is 113 Å². The highest BCUT2D eigenvalue weighted by Gasteiger charge is 2.18. The molecule has 0 fully saturated rings. The largest absolute Gasteiger partial charge is 0.477 e. The minimum atomic E-state index is -1.07. The van der Waals surface area contributed by atoms with E-state index in [-0.39, 0.29) is 10.0 Å². The first-order valence-corrected chi connectivity index (χ1v) is 6.74. The summed E-state index contributed by atoms with van der Waals surface area (Å²) in [6, 6.07) is 2.00. The van der Waals surface area contributed by atoms with Gasteiger partial charge >= 0.3 is 5.97 Å². The van der Waals surface area contributed by atoms with Gasteiger partial charge in [0.25, 0.3) is 0 Å². The molecule has 1 N–H and O–H groups in total. The molecule has 0 aliphatic heterocycles. The van der Waals surface area contributed by atoms with Gasteiger partial charge in [-0.05, 0) is 18.9 Å². The summed E-state index contributed by atoms with van der Waals surface area (Å²) in [6.07, 6.45) is 1.62. The molecular formula is C11H12ClN3O2S. The van der Waals surface area contributed by atoms with Crippen LogP contribution in [0.25, 0.3) is 5.13 Å². The molecule has 0 aromatic carbocycles. The first-order chi connectivity index (χ1) is 8.56. The second-order valence-electron chi connectivity index (χ2n) is 3.67. The van der Waals surface area contributed by atoms with Gasteiger partial charge in [-0.15, -0.1) is 0 Å². The quantitative estimate of drug-likeness (QED) is 0.938. The van der Waals surface area contributed by atoms with E-state index in [4.69, 9.17) is 16.7 Å². The molecule has 0 radical (unpaired) electrons. The molecule has 2 aromatic rings. The Balaban J connectivity index is 2.51. The highest BCUT2D eigenvalue weighted by Crippen LogP contribution is 2.26. The number of hydrogen-bond acceptors (Lipinski definition) is 4. The summed E-state index contributed by atoms with van der Waals surface area (Å²) in [4.78, 5) is 15.0. The zero-order valence-electron chi connectivity index (χ0n) is 9.97. The van der Waals surface area contributed by atoms with Crippen molar-refractivity contribution < 1.29 is 9.90 Å². The Kier molecular flexibility index (Phi) is 3.68. The lowest BCUT2D eigenvalue weighted by Gasteiger charge is -1.99. The summed E-state index contributed by atoms with van der Waals surface area (Å²) in [6.45, 7) is 4.03. The van der Waals surface area contributed by atoms with E-state index in [1.54, 1.807) is 4.68 Å². The van der Waals surface area contributed by atoms with Crippen molar-refractivity contribution in [3.05, 3.63) is 27.5 Å². The van der Waals surface area contributed by atoms with Crippen LogP contribution in [0.15, 0.2) is 6.07 Å². The van der Waals surface area contributed by atoms with Crippen LogP contribution >= 0.6 is 22.9 Å². The van der Waals surface area contributed by atoms with Gasteiger partial charge in [-0.3, -0.25) is 0 Å². The number of carboxylic acid groups (broad SMARTS) is 1. The Morgan fingerprint density at radius 1 is 1.50 bits per heavy atom. The zero-order chi connectivity index (χ0) is 13.3. The lowest BCUT2D eigenvalue weighted by atomic mass is 10.3. The second-order valence-corrected chi connectivity index (χ2v) is 5.00. The molecule has 0 unspecified atom stereocenters. The van der Waals surface area contributed by atoms with Crippen molar-refractivity contribution >= 4 is 28.9 Å². The molecule has 5 nitrogen and oxygen atoms in total. The van der Waals surface area contributed by atoms with Gasteiger partial charge in [0, 0.05) is 5.69 Å². The van der Waals surface area contributed by atoms with Crippen LogP contribution in [-0.2, 0) is 12.8 Å². The Morgan fingerprint density at radius 3 is 2.72 bits per heavy atom. The predicted molar refractivity (Wildman–Crippen MR) is 70.0 cm³/mol. The first kappa shape index (κ1) is 13.0. The van der Waals surface area contributed by atoms with E-state index in [0.717, 1.165) is 35.6 Å². The van der Waals surface area contributed by atoms with Crippen molar-refractivity contribution in [1.29, 1.82) is 0 Å². The number of nitrogens with zero attached hydrogens (tertiary/aromatic N) is 3. The van der Waals surface area contributed by atoms with E-state index in [2.05, 4.69) is 10.1 Å². The SMILES string of the molecule is CCc1cc(CC)n(-c2nc(Cl)c(C(=O)O)s2)n1. The van der Waals surface area contributed by atoms with Crippen LogP contribution in [0, 0.1) is 0 Å². The van der Waals surface area contributed by atoms with Crippen LogP contribution in [0.2, 0.25) is 5.15 Å². The molecule has 2 aromatic heterocycles. The summed E-state index contributed by atoms with van der Waals surface area (Å²) < 4.78 is 1.67. The van der Waals surface area contributed by atoms with Gasteiger partial charge in [-0.25, -0.2) is 14.5 Å². The Bertz CT molecular complexity index is 591. The van der Waals surface area contributed by atoms with Crippen molar-refractivity contribution in [2.75, 3.05) is 0 Å². The van der Waals surface area contributed by atoms with Crippen LogP contribution in [0.5, 0.6) is 0 Å². The van der Waals surface area contributed by atoms with Crippen LogP contribution in [-0.4, -0.2) is 25.8 Å². The lowest BCUT2D eigenvalue weighted by molar-refractivity contribution is 0.0702. The lowest BCUT2D eigenvalue weighted by Crippen LogP contribution is -2.00. The number of aromatic carboxylic acids is 1. The summed E-state index contributed by atoms with van der Waals surface area (Å²) >= 11 is 6.84. The summed E-state index contributed by atoms with van der Waals surface area (Å²) in [5.74, 6) is -1.07. The van der Waals surface area contributed by atoms with Crippen LogP contribution in [0.1, 0.15) is 34.9 Å². The third-order valence-corrected chi connectivity index (χ3v) is 3.91. The van der Waals surface area contributed by atoms with Gasteiger partial charge in [0.2, 0.25) is 5.13 Å². The molecular weight excluding hydrogens is 274 g/mol. The van der Waals surface area contributed by atoms with E-state index in [1.807, 2.05) is 19.9 Å². The van der Waals surface area contributed by atoms with Gasteiger partial charge in [0.05, 0.1) is 5.69 Å². The van der Waals surface area contributed by atoms with Gasteiger partial charge in [-0.1, -0.05) is 36.8 Å². The van der Waals surface area contributed by atoms with Crippen molar-refractivity contribution in [3.63, 3.8) is 0 Å². The van der Waals surface area contributed by atoms with Crippen LogP contribution < -0.4 is 0 Å². The number of carboxylic acids is 1. The summed E-state index contributed by atoms with van der Waals surface area (Å²) in [7, 11) is 0. The van der Waals surface area contributed by atoms with E-state index < -0.39 is 5.97 Å². The normalized spacial score (nSPS) is 10.8. The molecule has 7 heteroatoms. The van der Waals surface area contributed by atoms with Gasteiger partial charge < -0.3 is 5.11 Å². The number of carbonyl (C=O) groups is 1. The molecule has 0 atom stereocenters. The average Bonchev–Trinajstić information content (AvgIpc) is 2.91. The van der Waals surface area contributed by atoms with Crippen molar-refractivity contribution in [1.82, 2.24) is 14.8 Å². The average molecular weight is 286 g/mol. The van der Waals surface area contributed by atoms with Crippen molar-refractivity contribution in [2.45, 2.75) is 26.7 Å². The fourth-order valence-corrected chi connectivity index (χ4v) is 2.69. The van der Waals surface area contributed by atoms with Gasteiger partial charge in [-0.2, -0.15) is 5.10 Å². The maximum absolute atomic E-state index is 10.9. The predicted octanol–water partition coefficient (Wildman–Crippen LogP) is 2.81. The monoisotopic (exact) mass is 285 g/mol. The molecule has 0 saturated heterocycles. The van der Waals surface area contributed by atoms with E-state index in [9.17, 15) is 4.79 Å². The maximum Gasteiger partial charge on any atom is 0.349 e. The van der Waals surface area contributed by atoms with Crippen LogP contribution in [0.4, 0.5) is 0 Å². The second kappa shape index (κ2) is 5.07. The Hall–Kier alpha value is -1.40. The molecule has 2 heterocycles. The molecule has 0 aliphatic rings. The van der Waals surface area contributed by atoms with Gasteiger partial charge in [0.15, 0.2) is 10.0 Å². The van der Waals surface area contributed by atoms with Crippen molar-refractivity contribution in [2.24, 2.45) is 0 Å². The molecule has 96 valence electrons. The molecule has 0 bridgehead atoms. The van der Waals surface area contributed by atoms with Crippen molar-refractivity contribution in [3.8, 4) is 5.13 Å². The van der Waals surface area contributed by atoms with Crippen LogP contribution in [0.3, 0.4) is 0 Å². The minimum absolute atomic E-state index is 0.0121. The van der Waals surface area contributed by atoms with E-state index in [0.29, 0.717) is 5.13 Å². The zero-order valence-corrected chi connectivity index (χ0v) is 11.5. The molecule has 18 heavy (non-hydrogen) atoms. The number of thiazole rings is 1.